The van der Waals surface area contributed by atoms with E-state index in [-0.39, 0.29) is 6.61 Å². The Bertz CT molecular complexity index is 613. The predicted octanol–water partition coefficient (Wildman–Crippen LogP) is 3.53. The zero-order valence-electron chi connectivity index (χ0n) is 12.2. The molecule has 2 aromatic rings. The molecule has 0 aliphatic carbocycles. The van der Waals surface area contributed by atoms with Gasteiger partial charge < -0.3 is 14.6 Å². The first-order valence-corrected chi connectivity index (χ1v) is 7.41. The second kappa shape index (κ2) is 6.87. The van der Waals surface area contributed by atoms with E-state index in [1.807, 2.05) is 13.0 Å². The van der Waals surface area contributed by atoms with Gasteiger partial charge in [-0.1, -0.05) is 0 Å². The molecule has 0 spiro atoms. The largest absolute Gasteiger partial charge is 0.493 e. The molecule has 21 heavy (non-hydrogen) atoms. The van der Waals surface area contributed by atoms with Gasteiger partial charge in [0.1, 0.15) is 18.3 Å². The van der Waals surface area contributed by atoms with Gasteiger partial charge in [0.25, 0.3) is 0 Å². The summed E-state index contributed by atoms with van der Waals surface area (Å²) in [5.74, 6) is 1.04. The van der Waals surface area contributed by atoms with Crippen molar-refractivity contribution >= 4 is 11.3 Å². The third-order valence-electron chi connectivity index (χ3n) is 2.97. The van der Waals surface area contributed by atoms with E-state index in [0.29, 0.717) is 17.2 Å². The number of hydrogen-bond acceptors (Lipinski definition) is 5. The van der Waals surface area contributed by atoms with E-state index in [9.17, 15) is 9.50 Å². The standard InChI is InChI=1S/C15H18FNO3S/c1-9(18)14-10(2)21-15(17-14)11-4-5-12(19-3)13(8-11)20-7-6-16/h4-5,8-9,18H,6-7H2,1-3H3. The molecule has 1 unspecified atom stereocenters. The first-order chi connectivity index (χ1) is 10.1. The molecule has 0 aliphatic heterocycles. The minimum atomic E-state index is -0.601. The van der Waals surface area contributed by atoms with Crippen LogP contribution >= 0.6 is 11.3 Å². The van der Waals surface area contributed by atoms with E-state index in [1.54, 1.807) is 19.1 Å². The molecular weight excluding hydrogens is 293 g/mol. The molecule has 4 nitrogen and oxygen atoms in total. The monoisotopic (exact) mass is 311 g/mol. The smallest absolute Gasteiger partial charge is 0.161 e. The van der Waals surface area contributed by atoms with Crippen LogP contribution in [0, 0.1) is 6.92 Å². The Kier molecular flexibility index (Phi) is 5.14. The SMILES string of the molecule is COc1ccc(-c2nc(C(C)O)c(C)s2)cc1OCCF. The number of thiazole rings is 1. The van der Waals surface area contributed by atoms with E-state index in [0.717, 1.165) is 15.4 Å². The van der Waals surface area contributed by atoms with Gasteiger partial charge in [0.15, 0.2) is 11.5 Å². The summed E-state index contributed by atoms with van der Waals surface area (Å²) in [6.07, 6.45) is -0.601. The van der Waals surface area contributed by atoms with Gasteiger partial charge in [-0.25, -0.2) is 9.37 Å². The highest BCUT2D eigenvalue weighted by atomic mass is 32.1. The number of aromatic nitrogens is 1. The lowest BCUT2D eigenvalue weighted by molar-refractivity contribution is 0.194. The number of hydrogen-bond donors (Lipinski definition) is 1. The van der Waals surface area contributed by atoms with Gasteiger partial charge in [-0.05, 0) is 32.0 Å². The molecule has 0 radical (unpaired) electrons. The highest BCUT2D eigenvalue weighted by Gasteiger charge is 2.15. The second-order valence-electron chi connectivity index (χ2n) is 4.54. The summed E-state index contributed by atoms with van der Waals surface area (Å²) >= 11 is 1.50. The number of methoxy groups -OCH3 is 1. The summed E-state index contributed by atoms with van der Waals surface area (Å²) in [5.41, 5.74) is 1.53. The number of nitrogens with zero attached hydrogens (tertiary/aromatic N) is 1. The Labute approximate surface area is 127 Å². The molecule has 6 heteroatoms. The van der Waals surface area contributed by atoms with Crippen LogP contribution in [0.3, 0.4) is 0 Å². The van der Waals surface area contributed by atoms with Crippen LogP contribution in [-0.4, -0.2) is 30.5 Å². The van der Waals surface area contributed by atoms with E-state index < -0.39 is 12.8 Å². The summed E-state index contributed by atoms with van der Waals surface area (Å²) in [4.78, 5) is 5.43. The fourth-order valence-corrected chi connectivity index (χ4v) is 2.99. The minimum absolute atomic E-state index is 0.0182. The zero-order chi connectivity index (χ0) is 15.4. The number of aliphatic hydroxyl groups excluding tert-OH is 1. The summed E-state index contributed by atoms with van der Waals surface area (Å²) in [6, 6.07) is 5.41. The summed E-state index contributed by atoms with van der Waals surface area (Å²) in [5, 5.41) is 10.5. The summed E-state index contributed by atoms with van der Waals surface area (Å²) in [6.45, 7) is 3.04. The van der Waals surface area contributed by atoms with Crippen LogP contribution in [0.2, 0.25) is 0 Å². The number of alkyl halides is 1. The molecule has 1 heterocycles. The predicted molar refractivity (Wildman–Crippen MR) is 80.9 cm³/mol. The number of aliphatic hydroxyl groups is 1. The third kappa shape index (κ3) is 3.51. The highest BCUT2D eigenvalue weighted by Crippen LogP contribution is 2.36. The van der Waals surface area contributed by atoms with Crippen LogP contribution in [-0.2, 0) is 0 Å². The Morgan fingerprint density at radius 3 is 2.71 bits per heavy atom. The van der Waals surface area contributed by atoms with Crippen molar-refractivity contribution in [1.29, 1.82) is 0 Å². The number of benzene rings is 1. The summed E-state index contributed by atoms with van der Waals surface area (Å²) in [7, 11) is 1.54. The van der Waals surface area contributed by atoms with E-state index in [4.69, 9.17) is 9.47 Å². The maximum atomic E-state index is 12.3. The maximum absolute atomic E-state index is 12.3. The first kappa shape index (κ1) is 15.7. The van der Waals surface area contributed by atoms with E-state index in [1.165, 1.54) is 18.4 Å². The molecule has 0 amide bonds. The molecule has 114 valence electrons. The lowest BCUT2D eigenvalue weighted by Crippen LogP contribution is -2.00. The average molecular weight is 311 g/mol. The first-order valence-electron chi connectivity index (χ1n) is 6.59. The minimum Gasteiger partial charge on any atom is -0.493 e. The van der Waals surface area contributed by atoms with Gasteiger partial charge in [0.2, 0.25) is 0 Å². The van der Waals surface area contributed by atoms with Crippen LogP contribution in [0.4, 0.5) is 4.39 Å². The van der Waals surface area contributed by atoms with Crippen LogP contribution in [0.15, 0.2) is 18.2 Å². The number of aryl methyl sites for hydroxylation is 1. The molecule has 0 saturated carbocycles. The van der Waals surface area contributed by atoms with Crippen molar-refractivity contribution in [2.45, 2.75) is 20.0 Å². The Hall–Kier alpha value is -1.66. The van der Waals surface area contributed by atoms with Crippen LogP contribution in [0.1, 0.15) is 23.6 Å². The Morgan fingerprint density at radius 2 is 2.14 bits per heavy atom. The van der Waals surface area contributed by atoms with Crippen LogP contribution < -0.4 is 9.47 Å². The van der Waals surface area contributed by atoms with Gasteiger partial charge in [0.05, 0.1) is 18.9 Å². The average Bonchev–Trinajstić information content (AvgIpc) is 2.87. The topological polar surface area (TPSA) is 51.6 Å². The quantitative estimate of drug-likeness (QED) is 0.886. The van der Waals surface area contributed by atoms with Gasteiger partial charge in [-0.2, -0.15) is 0 Å². The molecule has 1 atom stereocenters. The zero-order valence-corrected chi connectivity index (χ0v) is 13.0. The molecule has 1 aromatic carbocycles. The van der Waals surface area contributed by atoms with Crippen molar-refractivity contribution in [2.75, 3.05) is 20.4 Å². The number of halogens is 1. The molecule has 0 fully saturated rings. The van der Waals surface area contributed by atoms with Crippen molar-refractivity contribution in [3.05, 3.63) is 28.8 Å². The molecule has 2 rings (SSSR count). The molecule has 0 bridgehead atoms. The highest BCUT2D eigenvalue weighted by molar-refractivity contribution is 7.15. The van der Waals surface area contributed by atoms with Crippen LogP contribution in [0.5, 0.6) is 11.5 Å². The molecule has 0 aliphatic rings. The second-order valence-corrected chi connectivity index (χ2v) is 5.74. The molecule has 0 saturated heterocycles. The van der Waals surface area contributed by atoms with Crippen molar-refractivity contribution < 1.29 is 19.0 Å². The van der Waals surface area contributed by atoms with Crippen molar-refractivity contribution in [3.8, 4) is 22.1 Å². The van der Waals surface area contributed by atoms with Gasteiger partial charge in [-0.3, -0.25) is 0 Å². The lowest BCUT2D eigenvalue weighted by Gasteiger charge is -2.10. The van der Waals surface area contributed by atoms with E-state index in [2.05, 4.69) is 4.98 Å². The fraction of sp³-hybridized carbons (Fsp3) is 0.400. The fourth-order valence-electron chi connectivity index (χ4n) is 1.99. The molecular formula is C15H18FNO3S. The Morgan fingerprint density at radius 1 is 1.38 bits per heavy atom. The van der Waals surface area contributed by atoms with Crippen molar-refractivity contribution in [2.24, 2.45) is 0 Å². The molecule has 1 aromatic heterocycles. The number of ether oxygens (including phenoxy) is 2. The van der Waals surface area contributed by atoms with E-state index >= 15 is 0 Å². The normalized spacial score (nSPS) is 12.2. The number of rotatable bonds is 6. The van der Waals surface area contributed by atoms with Crippen molar-refractivity contribution in [3.63, 3.8) is 0 Å². The lowest BCUT2D eigenvalue weighted by atomic mass is 10.2. The van der Waals surface area contributed by atoms with Crippen molar-refractivity contribution in [1.82, 2.24) is 4.98 Å². The maximum Gasteiger partial charge on any atom is 0.161 e. The third-order valence-corrected chi connectivity index (χ3v) is 4.01. The summed E-state index contributed by atoms with van der Waals surface area (Å²) < 4.78 is 22.8. The van der Waals surface area contributed by atoms with Gasteiger partial charge in [0, 0.05) is 10.4 Å². The Balaban J connectivity index is 2.37. The molecule has 1 N–H and O–H groups in total. The van der Waals surface area contributed by atoms with Gasteiger partial charge >= 0.3 is 0 Å². The van der Waals surface area contributed by atoms with Crippen LogP contribution in [0.25, 0.3) is 10.6 Å². The van der Waals surface area contributed by atoms with Gasteiger partial charge in [-0.15, -0.1) is 11.3 Å².